The van der Waals surface area contributed by atoms with Crippen LogP contribution in [0.25, 0.3) is 11.1 Å². The zero-order chi connectivity index (χ0) is 24.4. The number of carbonyl (C=O) groups is 3. The van der Waals surface area contributed by atoms with Crippen LogP contribution in [0, 0.1) is 16.2 Å². The van der Waals surface area contributed by atoms with E-state index in [2.05, 4.69) is 29.6 Å². The van der Waals surface area contributed by atoms with Gasteiger partial charge in [-0.2, -0.15) is 0 Å². The third-order valence-electron chi connectivity index (χ3n) is 9.01. The van der Waals surface area contributed by atoms with Gasteiger partial charge in [-0.05, 0) is 53.9 Å². The highest BCUT2D eigenvalue weighted by Crippen LogP contribution is 2.74. The van der Waals surface area contributed by atoms with Crippen molar-refractivity contribution in [3.63, 3.8) is 0 Å². The number of carboxylic acids is 1. The number of hydrogen-bond acceptors (Lipinski definition) is 4. The maximum absolute atomic E-state index is 13.4. The maximum Gasteiger partial charge on any atom is 0.407 e. The van der Waals surface area contributed by atoms with E-state index in [4.69, 9.17) is 4.74 Å². The molecule has 1 spiro atoms. The molecule has 1 unspecified atom stereocenters. The Labute approximate surface area is 204 Å². The molecule has 1 saturated heterocycles. The Morgan fingerprint density at radius 2 is 1.63 bits per heavy atom. The summed E-state index contributed by atoms with van der Waals surface area (Å²) in [5.41, 5.74) is 3.11. The summed E-state index contributed by atoms with van der Waals surface area (Å²) in [7, 11) is 0. The summed E-state index contributed by atoms with van der Waals surface area (Å²) in [6.45, 7) is 2.60. The third kappa shape index (κ3) is 3.20. The number of rotatable bonds is 6. The van der Waals surface area contributed by atoms with Gasteiger partial charge in [0.1, 0.15) is 6.61 Å². The molecule has 2 amide bonds. The Balaban J connectivity index is 1.10. The van der Waals surface area contributed by atoms with E-state index in [-0.39, 0.29) is 43.5 Å². The minimum absolute atomic E-state index is 0.0163. The average Bonchev–Trinajstić information content (AvgIpc) is 3.43. The number of benzene rings is 2. The first-order chi connectivity index (χ1) is 16.8. The number of alkyl carbamates (subject to hydrolysis) is 1. The fourth-order valence-electron chi connectivity index (χ4n) is 6.67. The summed E-state index contributed by atoms with van der Waals surface area (Å²) >= 11 is 0. The number of nitrogens with one attached hydrogen (secondary N) is 1. The van der Waals surface area contributed by atoms with Gasteiger partial charge in [-0.3, -0.25) is 9.59 Å². The predicted molar refractivity (Wildman–Crippen MR) is 129 cm³/mol. The van der Waals surface area contributed by atoms with E-state index in [1.165, 1.54) is 11.1 Å². The van der Waals surface area contributed by atoms with Crippen LogP contribution in [-0.4, -0.2) is 54.2 Å². The molecular formula is C28H30N2O5. The van der Waals surface area contributed by atoms with Crippen molar-refractivity contribution < 1.29 is 24.2 Å². The van der Waals surface area contributed by atoms with Gasteiger partial charge in [0.25, 0.3) is 0 Å². The number of nitrogens with zero attached hydrogens (tertiary/aromatic N) is 1. The molecule has 7 heteroatoms. The molecular weight excluding hydrogens is 444 g/mol. The van der Waals surface area contributed by atoms with Crippen molar-refractivity contribution >= 4 is 18.0 Å². The fraction of sp³-hybridized carbons (Fsp3) is 0.464. The van der Waals surface area contributed by atoms with E-state index >= 15 is 0 Å². The number of carbonyl (C=O) groups excluding carboxylic acids is 2. The molecule has 35 heavy (non-hydrogen) atoms. The molecule has 6 rings (SSSR count). The molecule has 1 atom stereocenters. The Morgan fingerprint density at radius 3 is 2.14 bits per heavy atom. The van der Waals surface area contributed by atoms with Gasteiger partial charge in [-0.15, -0.1) is 0 Å². The molecule has 7 nitrogen and oxygen atoms in total. The molecule has 2 aromatic carbocycles. The van der Waals surface area contributed by atoms with Gasteiger partial charge in [0.2, 0.25) is 5.91 Å². The van der Waals surface area contributed by atoms with Crippen LogP contribution in [0.15, 0.2) is 48.5 Å². The lowest BCUT2D eigenvalue weighted by atomic mass is 9.73. The second-order valence-corrected chi connectivity index (χ2v) is 11.1. The lowest BCUT2D eigenvalue weighted by Crippen LogP contribution is -2.63. The number of carboxylic acid groups (broad SMARTS) is 1. The van der Waals surface area contributed by atoms with Gasteiger partial charge in [0.15, 0.2) is 0 Å². The van der Waals surface area contributed by atoms with Crippen molar-refractivity contribution in [1.29, 1.82) is 0 Å². The van der Waals surface area contributed by atoms with Gasteiger partial charge < -0.3 is 20.1 Å². The number of ether oxygens (including phenoxy) is 1. The molecule has 182 valence electrons. The van der Waals surface area contributed by atoms with Crippen LogP contribution in [0.2, 0.25) is 0 Å². The summed E-state index contributed by atoms with van der Waals surface area (Å²) in [6, 6.07) is 16.4. The summed E-state index contributed by atoms with van der Waals surface area (Å²) in [4.78, 5) is 39.3. The summed E-state index contributed by atoms with van der Waals surface area (Å²) in [5.74, 6) is -0.909. The molecule has 0 aromatic heterocycles. The first-order valence-electron chi connectivity index (χ1n) is 12.4. The van der Waals surface area contributed by atoms with E-state index in [0.717, 1.165) is 36.8 Å². The lowest BCUT2D eigenvalue weighted by Gasteiger charge is -2.47. The van der Waals surface area contributed by atoms with Crippen LogP contribution < -0.4 is 5.32 Å². The van der Waals surface area contributed by atoms with E-state index in [1.807, 2.05) is 24.3 Å². The monoisotopic (exact) mass is 474 g/mol. The minimum Gasteiger partial charge on any atom is -0.481 e. The van der Waals surface area contributed by atoms with Crippen LogP contribution in [0.4, 0.5) is 4.79 Å². The Hall–Kier alpha value is -3.35. The summed E-state index contributed by atoms with van der Waals surface area (Å²) < 4.78 is 5.68. The molecule has 1 aliphatic heterocycles. The normalized spacial score (nSPS) is 24.5. The average molecular weight is 475 g/mol. The Kier molecular flexibility index (Phi) is 4.79. The van der Waals surface area contributed by atoms with Crippen LogP contribution in [0.5, 0.6) is 0 Å². The lowest BCUT2D eigenvalue weighted by molar-refractivity contribution is -0.167. The van der Waals surface area contributed by atoms with Gasteiger partial charge in [-0.1, -0.05) is 55.0 Å². The molecule has 1 heterocycles. The largest absolute Gasteiger partial charge is 0.481 e. The molecule has 0 radical (unpaired) electrons. The van der Waals surface area contributed by atoms with Crippen molar-refractivity contribution in [3.8, 4) is 11.1 Å². The molecule has 3 fully saturated rings. The Morgan fingerprint density at radius 1 is 1.03 bits per heavy atom. The standard InChI is InChI=1S/C28H30N2O5/c1-26(24(32)33)16-30(17-26)23(31)28(14-27(28)11-6-12-27)15-29-25(34)35-13-22-20-9-4-2-7-18(20)19-8-3-5-10-21(19)22/h2-5,7-10,22H,6,11-17H2,1H3,(H,29,34)(H,32,33). The highest BCUT2D eigenvalue weighted by Gasteiger charge is 2.74. The first kappa shape index (κ1) is 22.1. The summed E-state index contributed by atoms with van der Waals surface area (Å²) in [6.07, 6.45) is 3.29. The number of likely N-dealkylation sites (tertiary alicyclic amines) is 1. The van der Waals surface area contributed by atoms with E-state index in [9.17, 15) is 19.5 Å². The molecule has 0 bridgehead atoms. The van der Waals surface area contributed by atoms with Crippen molar-refractivity contribution in [2.24, 2.45) is 16.2 Å². The first-order valence-corrected chi connectivity index (χ1v) is 12.4. The number of fused-ring (bicyclic) bond motifs is 3. The van der Waals surface area contributed by atoms with Crippen molar-refractivity contribution in [1.82, 2.24) is 10.2 Å². The smallest absolute Gasteiger partial charge is 0.407 e. The van der Waals surface area contributed by atoms with Gasteiger partial charge in [0, 0.05) is 25.6 Å². The molecule has 4 aliphatic rings. The number of aliphatic carboxylic acids is 1. The molecule has 2 N–H and O–H groups in total. The Bertz CT molecular complexity index is 1180. The van der Waals surface area contributed by atoms with Gasteiger partial charge >= 0.3 is 12.1 Å². The second kappa shape index (κ2) is 7.57. The third-order valence-corrected chi connectivity index (χ3v) is 9.01. The van der Waals surface area contributed by atoms with Crippen LogP contribution in [0.1, 0.15) is 49.7 Å². The predicted octanol–water partition coefficient (Wildman–Crippen LogP) is 4.02. The highest BCUT2D eigenvalue weighted by molar-refractivity contribution is 5.91. The number of hydrogen-bond donors (Lipinski definition) is 2. The highest BCUT2D eigenvalue weighted by atomic mass is 16.5. The van der Waals surface area contributed by atoms with Crippen molar-refractivity contribution in [2.45, 2.75) is 38.5 Å². The van der Waals surface area contributed by atoms with E-state index in [0.29, 0.717) is 0 Å². The van der Waals surface area contributed by atoms with E-state index < -0.39 is 22.9 Å². The molecule has 2 saturated carbocycles. The van der Waals surface area contributed by atoms with Crippen molar-refractivity contribution in [3.05, 3.63) is 59.7 Å². The van der Waals surface area contributed by atoms with Crippen molar-refractivity contribution in [2.75, 3.05) is 26.2 Å². The van der Waals surface area contributed by atoms with Crippen LogP contribution in [0.3, 0.4) is 0 Å². The van der Waals surface area contributed by atoms with Gasteiger partial charge in [0.05, 0.1) is 10.8 Å². The maximum atomic E-state index is 13.4. The quantitative estimate of drug-likeness (QED) is 0.659. The van der Waals surface area contributed by atoms with E-state index in [1.54, 1.807) is 11.8 Å². The topological polar surface area (TPSA) is 95.9 Å². The van der Waals surface area contributed by atoms with Crippen LogP contribution >= 0.6 is 0 Å². The zero-order valence-electron chi connectivity index (χ0n) is 19.9. The fourth-order valence-corrected chi connectivity index (χ4v) is 6.67. The summed E-state index contributed by atoms with van der Waals surface area (Å²) in [5, 5.41) is 12.3. The van der Waals surface area contributed by atoms with Crippen LogP contribution in [-0.2, 0) is 14.3 Å². The second-order valence-electron chi connectivity index (χ2n) is 11.1. The molecule has 2 aromatic rings. The number of amides is 2. The molecule has 3 aliphatic carbocycles. The minimum atomic E-state index is -0.876. The zero-order valence-corrected chi connectivity index (χ0v) is 19.9. The SMILES string of the molecule is CC1(C(=O)O)CN(C(=O)C2(CNC(=O)OCC3c4ccccc4-c4ccccc43)CC23CCC3)C1. The van der Waals surface area contributed by atoms with Gasteiger partial charge in [-0.25, -0.2) is 4.79 Å².